The summed E-state index contributed by atoms with van der Waals surface area (Å²) in [5, 5.41) is 5.83. The van der Waals surface area contributed by atoms with E-state index in [1.807, 2.05) is 0 Å². The summed E-state index contributed by atoms with van der Waals surface area (Å²) in [7, 11) is 0. The molecule has 2 fully saturated rings. The lowest BCUT2D eigenvalue weighted by atomic mass is 9.84. The minimum absolute atomic E-state index is 0.0825. The van der Waals surface area contributed by atoms with Gasteiger partial charge in [0.25, 0.3) is 0 Å². The van der Waals surface area contributed by atoms with Crippen molar-refractivity contribution in [3.8, 4) is 0 Å². The predicted molar refractivity (Wildman–Crippen MR) is 73.0 cm³/mol. The summed E-state index contributed by atoms with van der Waals surface area (Å²) in [5.41, 5.74) is 0. The average molecular weight is 301 g/mol. The highest BCUT2D eigenvalue weighted by Gasteiger charge is 2.42. The molecular weight excluding hydrogens is 280 g/mol. The number of hydrogen-bond acceptors (Lipinski definition) is 1. The van der Waals surface area contributed by atoms with Crippen LogP contribution in [0.25, 0.3) is 0 Å². The lowest BCUT2D eigenvalue weighted by Gasteiger charge is -2.28. The van der Waals surface area contributed by atoms with Crippen LogP contribution in [0.1, 0.15) is 32.6 Å². The average Bonchev–Trinajstić information content (AvgIpc) is 2.87. The molecule has 4 atom stereocenters. The van der Waals surface area contributed by atoms with Crippen LogP contribution >= 0.6 is 15.9 Å². The van der Waals surface area contributed by atoms with Crippen molar-refractivity contribution in [1.29, 1.82) is 0 Å². The third-order valence-electron chi connectivity index (χ3n) is 4.23. The van der Waals surface area contributed by atoms with Crippen molar-refractivity contribution in [2.75, 3.05) is 6.54 Å². The zero-order valence-electron chi connectivity index (χ0n) is 10.3. The molecule has 2 aliphatic carbocycles. The largest absolute Gasteiger partial charge is 0.335 e. The zero-order valence-corrected chi connectivity index (χ0v) is 11.9. The van der Waals surface area contributed by atoms with E-state index < -0.39 is 0 Å². The Labute approximate surface area is 112 Å². The Morgan fingerprint density at radius 2 is 2.24 bits per heavy atom. The summed E-state index contributed by atoms with van der Waals surface area (Å²) >= 11 is 3.22. The maximum atomic E-state index is 11.6. The summed E-state index contributed by atoms with van der Waals surface area (Å²) in [6.07, 6.45) is 5.46. The normalized spacial score (nSPS) is 32.2. The van der Waals surface area contributed by atoms with Crippen LogP contribution in [0.5, 0.6) is 0 Å². The number of rotatable bonds is 4. The van der Waals surface area contributed by atoms with E-state index in [0.29, 0.717) is 12.5 Å². The Kier molecular flexibility index (Phi) is 4.13. The summed E-state index contributed by atoms with van der Waals surface area (Å²) in [4.78, 5) is 11.6. The zero-order chi connectivity index (χ0) is 12.4. The number of fused-ring (bicyclic) bond motifs is 2. The number of carbonyl (C=O) groups excluding carboxylic acids is 1. The molecule has 2 amide bonds. The van der Waals surface area contributed by atoms with Crippen LogP contribution in [0.15, 0.2) is 11.1 Å². The Hall–Kier alpha value is -0.510. The van der Waals surface area contributed by atoms with E-state index in [1.54, 1.807) is 0 Å². The Morgan fingerprint density at radius 1 is 1.47 bits per heavy atom. The molecule has 0 heterocycles. The summed E-state index contributed by atoms with van der Waals surface area (Å²) in [5.74, 6) is 2.47. The maximum absolute atomic E-state index is 11.6. The molecule has 2 rings (SSSR count). The third-order valence-corrected chi connectivity index (χ3v) is 4.51. The highest BCUT2D eigenvalue weighted by Crippen LogP contribution is 2.49. The van der Waals surface area contributed by atoms with Gasteiger partial charge in [0.1, 0.15) is 0 Å². The molecule has 2 saturated carbocycles. The van der Waals surface area contributed by atoms with Crippen molar-refractivity contribution in [2.24, 2.45) is 17.8 Å². The van der Waals surface area contributed by atoms with Crippen LogP contribution < -0.4 is 10.6 Å². The van der Waals surface area contributed by atoms with Gasteiger partial charge in [-0.2, -0.15) is 0 Å². The summed E-state index contributed by atoms with van der Waals surface area (Å²) < 4.78 is 0.792. The molecule has 3 nitrogen and oxygen atoms in total. The second kappa shape index (κ2) is 5.42. The van der Waals surface area contributed by atoms with Crippen molar-refractivity contribution >= 4 is 22.0 Å². The van der Waals surface area contributed by atoms with Gasteiger partial charge >= 0.3 is 6.03 Å². The number of carbonyl (C=O) groups is 1. The van der Waals surface area contributed by atoms with E-state index in [-0.39, 0.29) is 12.1 Å². The van der Waals surface area contributed by atoms with Gasteiger partial charge in [0.2, 0.25) is 0 Å². The predicted octanol–water partition coefficient (Wildman–Crippen LogP) is 3.02. The van der Waals surface area contributed by atoms with Gasteiger partial charge in [0, 0.05) is 10.5 Å². The van der Waals surface area contributed by atoms with Crippen LogP contribution in [0.2, 0.25) is 0 Å². The summed E-state index contributed by atoms with van der Waals surface area (Å²) in [6, 6.07) is 0.203. The fraction of sp³-hybridized carbons (Fsp3) is 0.769. The molecule has 0 radical (unpaired) electrons. The third kappa shape index (κ3) is 3.24. The molecule has 0 aromatic heterocycles. The van der Waals surface area contributed by atoms with E-state index in [1.165, 1.54) is 25.7 Å². The minimum atomic E-state index is -0.0825. The van der Waals surface area contributed by atoms with E-state index in [0.717, 1.165) is 16.3 Å². The van der Waals surface area contributed by atoms with Gasteiger partial charge in [0.05, 0.1) is 6.54 Å². The second-order valence-corrected chi connectivity index (χ2v) is 6.59. The first-order valence-corrected chi connectivity index (χ1v) is 7.23. The van der Waals surface area contributed by atoms with Gasteiger partial charge in [-0.1, -0.05) is 28.9 Å². The quantitative estimate of drug-likeness (QED) is 0.823. The number of amides is 2. The molecule has 2 aliphatic rings. The Bertz CT molecular complexity index is 319. The first-order chi connectivity index (χ1) is 8.06. The standard InChI is InChI=1S/C13H21BrN2O/c1-8(14)7-15-13(17)16-9(2)12-6-10-3-4-11(12)5-10/h9-12H,1,3-7H2,2H3,(H2,15,16,17)/t9-,10+,11+,12+/m1/s1. The second-order valence-electron chi connectivity index (χ2n) is 5.47. The molecule has 0 aromatic rings. The van der Waals surface area contributed by atoms with Crippen LogP contribution in [0.4, 0.5) is 4.79 Å². The fourth-order valence-corrected chi connectivity index (χ4v) is 3.59. The molecule has 0 unspecified atom stereocenters. The molecule has 2 bridgehead atoms. The molecule has 17 heavy (non-hydrogen) atoms. The van der Waals surface area contributed by atoms with Gasteiger partial charge in [-0.05, 0) is 43.9 Å². The molecule has 2 N–H and O–H groups in total. The van der Waals surface area contributed by atoms with Crippen molar-refractivity contribution in [2.45, 2.75) is 38.6 Å². The van der Waals surface area contributed by atoms with Crippen molar-refractivity contribution in [1.82, 2.24) is 10.6 Å². The monoisotopic (exact) mass is 300 g/mol. The first-order valence-electron chi connectivity index (χ1n) is 6.44. The highest BCUT2D eigenvalue weighted by atomic mass is 79.9. The van der Waals surface area contributed by atoms with E-state index in [2.05, 4.69) is 40.1 Å². The van der Waals surface area contributed by atoms with E-state index in [4.69, 9.17) is 0 Å². The molecular formula is C13H21BrN2O. The number of urea groups is 1. The topological polar surface area (TPSA) is 41.1 Å². The van der Waals surface area contributed by atoms with Crippen molar-refractivity contribution in [3.05, 3.63) is 11.1 Å². The van der Waals surface area contributed by atoms with Crippen LogP contribution in [-0.4, -0.2) is 18.6 Å². The van der Waals surface area contributed by atoms with Crippen LogP contribution in [-0.2, 0) is 0 Å². The van der Waals surface area contributed by atoms with Crippen molar-refractivity contribution in [3.63, 3.8) is 0 Å². The smallest absolute Gasteiger partial charge is 0.315 e. The van der Waals surface area contributed by atoms with E-state index in [9.17, 15) is 4.79 Å². The number of hydrogen-bond donors (Lipinski definition) is 2. The minimum Gasteiger partial charge on any atom is -0.335 e. The lowest BCUT2D eigenvalue weighted by molar-refractivity contribution is 0.221. The lowest BCUT2D eigenvalue weighted by Crippen LogP contribution is -2.45. The van der Waals surface area contributed by atoms with Crippen LogP contribution in [0.3, 0.4) is 0 Å². The first kappa shape index (κ1) is 12.9. The SMILES string of the molecule is C=C(Br)CNC(=O)N[C@H](C)[C@@H]1C[C@H]2CC[C@H]1C2. The Morgan fingerprint density at radius 3 is 2.76 bits per heavy atom. The summed E-state index contributed by atoms with van der Waals surface area (Å²) in [6.45, 7) is 6.30. The highest BCUT2D eigenvalue weighted by molar-refractivity contribution is 9.11. The molecule has 4 heteroatoms. The van der Waals surface area contributed by atoms with Gasteiger partial charge < -0.3 is 10.6 Å². The maximum Gasteiger partial charge on any atom is 0.315 e. The fourth-order valence-electron chi connectivity index (χ4n) is 3.45. The number of halogens is 1. The van der Waals surface area contributed by atoms with Crippen LogP contribution in [0, 0.1) is 17.8 Å². The van der Waals surface area contributed by atoms with Gasteiger partial charge in [-0.3, -0.25) is 0 Å². The van der Waals surface area contributed by atoms with Crippen molar-refractivity contribution < 1.29 is 4.79 Å². The molecule has 0 saturated heterocycles. The molecule has 0 aliphatic heterocycles. The van der Waals surface area contributed by atoms with Gasteiger partial charge in [-0.15, -0.1) is 0 Å². The molecule has 0 spiro atoms. The van der Waals surface area contributed by atoms with E-state index >= 15 is 0 Å². The molecule has 0 aromatic carbocycles. The van der Waals surface area contributed by atoms with Gasteiger partial charge in [-0.25, -0.2) is 4.79 Å². The van der Waals surface area contributed by atoms with Gasteiger partial charge in [0.15, 0.2) is 0 Å². The molecule has 96 valence electrons. The number of nitrogens with one attached hydrogen (secondary N) is 2. The Balaban J connectivity index is 1.75.